The second kappa shape index (κ2) is 28.2. The molecule has 2 fully saturated rings. The second-order valence-corrected chi connectivity index (χ2v) is 13.7. The van der Waals surface area contributed by atoms with Crippen molar-refractivity contribution in [2.75, 3.05) is 106 Å². The molecule has 0 aliphatic carbocycles. The number of rotatable bonds is 30. The molecule has 0 aromatic carbocycles. The Balaban J connectivity index is 0.000000421. The summed E-state index contributed by atoms with van der Waals surface area (Å²) in [5.74, 6) is 1.75. The van der Waals surface area contributed by atoms with Crippen molar-refractivity contribution in [2.24, 2.45) is 11.8 Å². The number of nitrogens with one attached hydrogen (secondary N) is 1. The first-order valence-corrected chi connectivity index (χ1v) is 18.2. The molecule has 2 unspecified atom stereocenters. The SMILES string of the molecule is CC(CCCCN(C)CCCCCCO)CCCNCCO.CC(CCCCN(C)CCCN1CC1)CCCN1CC1. The summed E-state index contributed by atoms with van der Waals surface area (Å²) in [5, 5.41) is 20.6. The first-order valence-electron chi connectivity index (χ1n) is 18.2. The molecule has 2 aliphatic heterocycles. The molecule has 42 heavy (non-hydrogen) atoms. The first-order chi connectivity index (χ1) is 20.4. The summed E-state index contributed by atoms with van der Waals surface area (Å²) in [4.78, 5) is 10.0. The summed E-state index contributed by atoms with van der Waals surface area (Å²) >= 11 is 0. The van der Waals surface area contributed by atoms with Gasteiger partial charge in [0.05, 0.1) is 6.61 Å². The predicted octanol–water partition coefficient (Wildman–Crippen LogP) is 5.17. The number of nitrogens with zero attached hydrogens (tertiary/aromatic N) is 4. The van der Waals surface area contributed by atoms with Crippen molar-refractivity contribution >= 4 is 0 Å². The largest absolute Gasteiger partial charge is 0.396 e. The second-order valence-electron chi connectivity index (χ2n) is 13.7. The molecule has 0 amide bonds. The molecule has 2 rings (SSSR count). The molecule has 7 heteroatoms. The molecule has 0 aromatic heterocycles. The molecule has 2 atom stereocenters. The van der Waals surface area contributed by atoms with E-state index in [1.807, 2.05) is 0 Å². The van der Waals surface area contributed by atoms with E-state index in [0.717, 1.165) is 37.8 Å². The molecule has 2 aliphatic rings. The van der Waals surface area contributed by atoms with Gasteiger partial charge in [0.2, 0.25) is 0 Å². The van der Waals surface area contributed by atoms with Crippen molar-refractivity contribution in [2.45, 2.75) is 110 Å². The highest BCUT2D eigenvalue weighted by atomic mass is 16.3. The van der Waals surface area contributed by atoms with Gasteiger partial charge >= 0.3 is 0 Å². The van der Waals surface area contributed by atoms with Crippen LogP contribution in [0.15, 0.2) is 0 Å². The van der Waals surface area contributed by atoms with Crippen molar-refractivity contribution in [1.29, 1.82) is 0 Å². The molecule has 0 spiro atoms. The van der Waals surface area contributed by atoms with Crippen LogP contribution in [0.4, 0.5) is 0 Å². The Morgan fingerprint density at radius 2 is 0.976 bits per heavy atom. The van der Waals surface area contributed by atoms with Gasteiger partial charge < -0.3 is 35.1 Å². The molecule has 3 N–H and O–H groups in total. The molecule has 7 nitrogen and oxygen atoms in total. The fourth-order valence-corrected chi connectivity index (χ4v) is 5.70. The van der Waals surface area contributed by atoms with Gasteiger partial charge in [-0.15, -0.1) is 0 Å². The van der Waals surface area contributed by atoms with Crippen molar-refractivity contribution in [3.63, 3.8) is 0 Å². The fourth-order valence-electron chi connectivity index (χ4n) is 5.70. The van der Waals surface area contributed by atoms with Crippen LogP contribution in [-0.2, 0) is 0 Å². The van der Waals surface area contributed by atoms with E-state index >= 15 is 0 Å². The van der Waals surface area contributed by atoms with Gasteiger partial charge in [0.1, 0.15) is 0 Å². The zero-order valence-corrected chi connectivity index (χ0v) is 28.8. The molecular weight excluding hydrogens is 522 g/mol. The van der Waals surface area contributed by atoms with Gasteiger partial charge in [0.25, 0.3) is 0 Å². The highest BCUT2D eigenvalue weighted by molar-refractivity contribution is 4.73. The molecule has 0 bridgehead atoms. The van der Waals surface area contributed by atoms with E-state index in [9.17, 15) is 0 Å². The van der Waals surface area contributed by atoms with Crippen molar-refractivity contribution < 1.29 is 10.2 Å². The van der Waals surface area contributed by atoms with Gasteiger partial charge in [-0.1, -0.05) is 52.4 Å². The van der Waals surface area contributed by atoms with E-state index in [4.69, 9.17) is 10.2 Å². The number of aliphatic hydroxyl groups is 2. The smallest absolute Gasteiger partial charge is 0.0555 e. The molecular formula is C35H75N5O2. The lowest BCUT2D eigenvalue weighted by Crippen LogP contribution is -2.22. The summed E-state index contributed by atoms with van der Waals surface area (Å²) in [5.41, 5.74) is 0. The molecule has 0 aromatic rings. The van der Waals surface area contributed by atoms with E-state index in [2.05, 4.69) is 52.9 Å². The van der Waals surface area contributed by atoms with E-state index in [1.165, 1.54) is 149 Å². The Bertz CT molecular complexity index is 513. The van der Waals surface area contributed by atoms with Gasteiger partial charge in [-0.3, -0.25) is 0 Å². The maximum atomic E-state index is 8.73. The highest BCUT2D eigenvalue weighted by Gasteiger charge is 2.17. The number of hydrogen-bond acceptors (Lipinski definition) is 7. The van der Waals surface area contributed by atoms with Crippen LogP contribution in [0, 0.1) is 11.8 Å². The summed E-state index contributed by atoms with van der Waals surface area (Å²) in [7, 11) is 4.51. The zero-order valence-electron chi connectivity index (χ0n) is 28.8. The molecule has 252 valence electrons. The van der Waals surface area contributed by atoms with E-state index < -0.39 is 0 Å². The Morgan fingerprint density at radius 3 is 1.50 bits per heavy atom. The van der Waals surface area contributed by atoms with Crippen LogP contribution < -0.4 is 5.32 Å². The quantitative estimate of drug-likeness (QED) is 0.0780. The molecule has 0 radical (unpaired) electrons. The van der Waals surface area contributed by atoms with Gasteiger partial charge in [-0.05, 0) is 130 Å². The third-order valence-electron chi connectivity index (χ3n) is 9.03. The van der Waals surface area contributed by atoms with Gasteiger partial charge in [0.15, 0.2) is 0 Å². The lowest BCUT2D eigenvalue weighted by Gasteiger charge is -2.17. The van der Waals surface area contributed by atoms with Crippen LogP contribution >= 0.6 is 0 Å². The lowest BCUT2D eigenvalue weighted by molar-refractivity contribution is 0.276. The Labute approximate surface area is 262 Å². The number of unbranched alkanes of at least 4 members (excludes halogenated alkanes) is 5. The van der Waals surface area contributed by atoms with Crippen LogP contribution in [0.2, 0.25) is 0 Å². The summed E-state index contributed by atoms with van der Waals surface area (Å²) in [6.07, 6.45) is 19.5. The van der Waals surface area contributed by atoms with Crippen molar-refractivity contribution in [3.8, 4) is 0 Å². The van der Waals surface area contributed by atoms with Crippen LogP contribution in [0.3, 0.4) is 0 Å². The summed E-state index contributed by atoms with van der Waals surface area (Å²) in [6.45, 7) is 20.2. The lowest BCUT2D eigenvalue weighted by atomic mass is 9.98. The number of aliphatic hydroxyl groups excluding tert-OH is 2. The van der Waals surface area contributed by atoms with Crippen LogP contribution in [-0.4, -0.2) is 136 Å². The Hall–Kier alpha value is -0.280. The Morgan fingerprint density at radius 1 is 0.524 bits per heavy atom. The Kier molecular flexibility index (Phi) is 26.7. The van der Waals surface area contributed by atoms with E-state index in [1.54, 1.807) is 0 Å². The highest BCUT2D eigenvalue weighted by Crippen LogP contribution is 2.16. The van der Waals surface area contributed by atoms with E-state index in [0.29, 0.717) is 6.61 Å². The van der Waals surface area contributed by atoms with E-state index in [-0.39, 0.29) is 6.61 Å². The third kappa shape index (κ3) is 28.5. The molecule has 2 saturated heterocycles. The summed E-state index contributed by atoms with van der Waals surface area (Å²) in [6, 6.07) is 0. The minimum Gasteiger partial charge on any atom is -0.396 e. The van der Waals surface area contributed by atoms with Crippen LogP contribution in [0.25, 0.3) is 0 Å². The average molecular weight is 598 g/mol. The minimum atomic E-state index is 0.241. The maximum Gasteiger partial charge on any atom is 0.0555 e. The number of hydrogen-bond donors (Lipinski definition) is 3. The molecule has 0 saturated carbocycles. The topological polar surface area (TPSA) is 65.0 Å². The van der Waals surface area contributed by atoms with Gasteiger partial charge in [-0.2, -0.15) is 0 Å². The minimum absolute atomic E-state index is 0.241. The average Bonchev–Trinajstić information content (AvgIpc) is 3.90. The predicted molar refractivity (Wildman–Crippen MR) is 182 cm³/mol. The monoisotopic (exact) mass is 598 g/mol. The standard InChI is InChI=1S/C18H40N2O2.C17H35N3/c1-18(11-9-12-19-13-17-22)10-5-7-15-20(2)14-6-3-4-8-16-21;1-17(8-5-11-19-13-14-19)7-3-4-9-18(2)10-6-12-20-15-16-20/h18-19,21-22H,3-17H2,1-2H3;17H,3-16H2,1-2H3. The van der Waals surface area contributed by atoms with Crippen molar-refractivity contribution in [1.82, 2.24) is 24.9 Å². The first kappa shape index (κ1) is 39.7. The fraction of sp³-hybridized carbons (Fsp3) is 1.00. The van der Waals surface area contributed by atoms with Crippen LogP contribution in [0.1, 0.15) is 110 Å². The van der Waals surface area contributed by atoms with Gasteiger partial charge in [0, 0.05) is 39.3 Å². The van der Waals surface area contributed by atoms with Crippen LogP contribution in [0.5, 0.6) is 0 Å². The normalized spacial score (nSPS) is 16.6. The maximum absolute atomic E-state index is 8.73. The summed E-state index contributed by atoms with van der Waals surface area (Å²) < 4.78 is 0. The van der Waals surface area contributed by atoms with Crippen molar-refractivity contribution in [3.05, 3.63) is 0 Å². The third-order valence-corrected chi connectivity index (χ3v) is 9.03. The zero-order chi connectivity index (χ0) is 30.7. The molecule has 2 heterocycles. The van der Waals surface area contributed by atoms with Gasteiger partial charge in [-0.25, -0.2) is 0 Å².